The van der Waals surface area contributed by atoms with Gasteiger partial charge in [-0.15, -0.1) is 0 Å². The van der Waals surface area contributed by atoms with Gasteiger partial charge in [-0.1, -0.05) is 65.3 Å². The van der Waals surface area contributed by atoms with Crippen molar-refractivity contribution in [2.45, 2.75) is 6.92 Å². The van der Waals surface area contributed by atoms with E-state index < -0.39 is 0 Å². The molecule has 0 aliphatic heterocycles. The summed E-state index contributed by atoms with van der Waals surface area (Å²) in [5.74, 6) is 1.13. The zero-order valence-electron chi connectivity index (χ0n) is 10.6. The van der Waals surface area contributed by atoms with Gasteiger partial charge in [0.05, 0.1) is 5.56 Å². The predicted molar refractivity (Wildman–Crippen MR) is 76.5 cm³/mol. The Hall–Kier alpha value is -2.55. The van der Waals surface area contributed by atoms with E-state index in [4.69, 9.17) is 10.3 Å². The Bertz CT molecular complexity index is 685. The molecule has 94 valence electrons. The summed E-state index contributed by atoms with van der Waals surface area (Å²) in [6.07, 6.45) is 0. The molecule has 0 amide bonds. The van der Waals surface area contributed by atoms with Gasteiger partial charge in [-0.25, -0.2) is 0 Å². The van der Waals surface area contributed by atoms with E-state index >= 15 is 0 Å². The Labute approximate surface area is 111 Å². The van der Waals surface area contributed by atoms with Crippen molar-refractivity contribution in [1.29, 1.82) is 0 Å². The van der Waals surface area contributed by atoms with Crippen LogP contribution >= 0.6 is 0 Å². The molecule has 2 aromatic carbocycles. The van der Waals surface area contributed by atoms with Crippen molar-refractivity contribution in [2.75, 3.05) is 5.73 Å². The van der Waals surface area contributed by atoms with Crippen LogP contribution in [0.4, 0.5) is 5.82 Å². The second-order valence-corrected chi connectivity index (χ2v) is 4.50. The predicted octanol–water partition coefficient (Wildman–Crippen LogP) is 3.90. The van der Waals surface area contributed by atoms with Crippen molar-refractivity contribution in [3.63, 3.8) is 0 Å². The van der Waals surface area contributed by atoms with Gasteiger partial charge in [0.15, 0.2) is 11.6 Å². The third-order valence-corrected chi connectivity index (χ3v) is 3.09. The molecule has 0 unspecified atom stereocenters. The Morgan fingerprint density at radius 2 is 1.58 bits per heavy atom. The first-order valence-electron chi connectivity index (χ1n) is 6.13. The maximum absolute atomic E-state index is 5.94. The average Bonchev–Trinajstić information content (AvgIpc) is 2.83. The first-order chi connectivity index (χ1) is 9.25. The number of rotatable bonds is 2. The van der Waals surface area contributed by atoms with Gasteiger partial charge in [0.1, 0.15) is 0 Å². The van der Waals surface area contributed by atoms with Crippen LogP contribution < -0.4 is 5.73 Å². The third-order valence-electron chi connectivity index (χ3n) is 3.09. The van der Waals surface area contributed by atoms with Crippen LogP contribution in [0, 0.1) is 6.92 Å². The molecule has 3 nitrogen and oxygen atoms in total. The standard InChI is InChI=1S/C16H14N2O/c1-11-7-9-12(10-8-11)14-15(19-18-16(14)17)13-5-3-2-4-6-13/h2-10H,1H3,(H2,17,18). The van der Waals surface area contributed by atoms with E-state index in [0.29, 0.717) is 11.6 Å². The summed E-state index contributed by atoms with van der Waals surface area (Å²) in [6.45, 7) is 2.05. The highest BCUT2D eigenvalue weighted by atomic mass is 16.5. The number of hydrogen-bond acceptors (Lipinski definition) is 3. The van der Waals surface area contributed by atoms with Crippen LogP contribution in [-0.4, -0.2) is 5.16 Å². The minimum Gasteiger partial charge on any atom is -0.380 e. The SMILES string of the molecule is Cc1ccc(-c2c(N)noc2-c2ccccc2)cc1. The molecule has 3 aromatic rings. The number of nitrogens with two attached hydrogens (primary N) is 1. The van der Waals surface area contributed by atoms with Gasteiger partial charge in [-0.05, 0) is 12.5 Å². The fourth-order valence-corrected chi connectivity index (χ4v) is 2.09. The number of nitrogens with zero attached hydrogens (tertiary/aromatic N) is 1. The molecule has 3 rings (SSSR count). The lowest BCUT2D eigenvalue weighted by atomic mass is 10.0. The number of aryl methyl sites for hydroxylation is 1. The van der Waals surface area contributed by atoms with Gasteiger partial charge in [0, 0.05) is 5.56 Å². The van der Waals surface area contributed by atoms with E-state index in [-0.39, 0.29) is 0 Å². The molecule has 0 aliphatic rings. The van der Waals surface area contributed by atoms with Crippen LogP contribution in [0.25, 0.3) is 22.5 Å². The molecule has 0 radical (unpaired) electrons. The maximum Gasteiger partial charge on any atom is 0.176 e. The van der Waals surface area contributed by atoms with Crippen LogP contribution in [0.3, 0.4) is 0 Å². The molecular weight excluding hydrogens is 236 g/mol. The molecule has 0 saturated heterocycles. The normalized spacial score (nSPS) is 10.6. The lowest BCUT2D eigenvalue weighted by Gasteiger charge is -2.03. The molecule has 0 atom stereocenters. The van der Waals surface area contributed by atoms with E-state index in [0.717, 1.165) is 16.7 Å². The van der Waals surface area contributed by atoms with Crippen molar-refractivity contribution in [2.24, 2.45) is 0 Å². The summed E-state index contributed by atoms with van der Waals surface area (Å²) in [5, 5.41) is 3.89. The Morgan fingerprint density at radius 1 is 0.895 bits per heavy atom. The molecule has 1 heterocycles. The van der Waals surface area contributed by atoms with Crippen LogP contribution in [0.2, 0.25) is 0 Å². The Balaban J connectivity index is 2.17. The van der Waals surface area contributed by atoms with E-state index in [9.17, 15) is 0 Å². The zero-order valence-corrected chi connectivity index (χ0v) is 10.6. The fourth-order valence-electron chi connectivity index (χ4n) is 2.09. The molecule has 1 aromatic heterocycles. The smallest absolute Gasteiger partial charge is 0.176 e. The molecule has 0 aliphatic carbocycles. The summed E-state index contributed by atoms with van der Waals surface area (Å²) in [6, 6.07) is 18.0. The first-order valence-corrected chi connectivity index (χ1v) is 6.13. The molecular formula is C16H14N2O. The van der Waals surface area contributed by atoms with Gasteiger partial charge in [-0.3, -0.25) is 0 Å². The lowest BCUT2D eigenvalue weighted by Crippen LogP contribution is -1.89. The molecule has 0 fully saturated rings. The second kappa shape index (κ2) is 4.61. The monoisotopic (exact) mass is 250 g/mol. The van der Waals surface area contributed by atoms with Gasteiger partial charge in [-0.2, -0.15) is 0 Å². The summed E-state index contributed by atoms with van der Waals surface area (Å²) in [5.41, 5.74) is 10.00. The number of benzene rings is 2. The lowest BCUT2D eigenvalue weighted by molar-refractivity contribution is 0.436. The van der Waals surface area contributed by atoms with Crippen LogP contribution in [0.15, 0.2) is 59.1 Å². The third kappa shape index (κ3) is 2.10. The fraction of sp³-hybridized carbons (Fsp3) is 0.0625. The van der Waals surface area contributed by atoms with Crippen LogP contribution in [0.5, 0.6) is 0 Å². The highest BCUT2D eigenvalue weighted by Crippen LogP contribution is 2.36. The van der Waals surface area contributed by atoms with Gasteiger partial charge >= 0.3 is 0 Å². The van der Waals surface area contributed by atoms with E-state index in [1.54, 1.807) is 0 Å². The van der Waals surface area contributed by atoms with Crippen molar-refractivity contribution >= 4 is 5.82 Å². The molecule has 3 heteroatoms. The van der Waals surface area contributed by atoms with Crippen molar-refractivity contribution in [1.82, 2.24) is 5.16 Å². The highest BCUT2D eigenvalue weighted by molar-refractivity contribution is 5.86. The van der Waals surface area contributed by atoms with Crippen molar-refractivity contribution < 1.29 is 4.52 Å². The number of aromatic nitrogens is 1. The quantitative estimate of drug-likeness (QED) is 0.750. The maximum atomic E-state index is 5.94. The van der Waals surface area contributed by atoms with Gasteiger partial charge in [0.2, 0.25) is 0 Å². The van der Waals surface area contributed by atoms with E-state index in [2.05, 4.69) is 24.2 Å². The Kier molecular flexibility index (Phi) is 2.80. The summed E-state index contributed by atoms with van der Waals surface area (Å²) >= 11 is 0. The molecule has 0 bridgehead atoms. The number of anilines is 1. The molecule has 19 heavy (non-hydrogen) atoms. The number of hydrogen-bond donors (Lipinski definition) is 1. The minimum absolute atomic E-state index is 0.419. The van der Waals surface area contributed by atoms with Gasteiger partial charge < -0.3 is 10.3 Å². The van der Waals surface area contributed by atoms with Crippen LogP contribution in [-0.2, 0) is 0 Å². The zero-order chi connectivity index (χ0) is 13.2. The molecule has 2 N–H and O–H groups in total. The summed E-state index contributed by atoms with van der Waals surface area (Å²) in [4.78, 5) is 0. The largest absolute Gasteiger partial charge is 0.380 e. The second-order valence-electron chi connectivity index (χ2n) is 4.50. The molecule has 0 saturated carbocycles. The van der Waals surface area contributed by atoms with E-state index in [1.807, 2.05) is 42.5 Å². The van der Waals surface area contributed by atoms with Gasteiger partial charge in [0.25, 0.3) is 0 Å². The average molecular weight is 250 g/mol. The minimum atomic E-state index is 0.419. The first kappa shape index (κ1) is 11.5. The van der Waals surface area contributed by atoms with E-state index in [1.165, 1.54) is 5.56 Å². The van der Waals surface area contributed by atoms with Crippen molar-refractivity contribution in [3.8, 4) is 22.5 Å². The number of nitrogen functional groups attached to an aromatic ring is 1. The Morgan fingerprint density at radius 3 is 2.26 bits per heavy atom. The highest BCUT2D eigenvalue weighted by Gasteiger charge is 2.16. The summed E-state index contributed by atoms with van der Waals surface area (Å²) in [7, 11) is 0. The van der Waals surface area contributed by atoms with Crippen LogP contribution in [0.1, 0.15) is 5.56 Å². The topological polar surface area (TPSA) is 52.0 Å². The molecule has 0 spiro atoms. The summed E-state index contributed by atoms with van der Waals surface area (Å²) < 4.78 is 5.39. The van der Waals surface area contributed by atoms with Crippen molar-refractivity contribution in [3.05, 3.63) is 60.2 Å².